The Hall–Kier alpha value is -0.0800. The van der Waals surface area contributed by atoms with E-state index in [9.17, 15) is 5.11 Å². The maximum Gasteiger partial charge on any atom is 0.0788 e. The summed E-state index contributed by atoms with van der Waals surface area (Å²) in [5, 5.41) is 13.2. The summed E-state index contributed by atoms with van der Waals surface area (Å²) in [4.78, 5) is 0. The van der Waals surface area contributed by atoms with Crippen LogP contribution in [0, 0.1) is 5.41 Å². The summed E-state index contributed by atoms with van der Waals surface area (Å²) in [6.45, 7) is 4.08. The molecule has 2 nitrogen and oxygen atoms in total. The monoisotopic (exact) mass is 155 g/mol. The van der Waals surface area contributed by atoms with Crippen molar-refractivity contribution in [1.29, 1.82) is 0 Å². The normalized spacial score (nSPS) is 40.9. The Morgan fingerprint density at radius 1 is 1.36 bits per heavy atom. The molecule has 0 bridgehead atoms. The molecule has 0 aromatic rings. The molecular formula is C9H17NO. The molecule has 1 heterocycles. The third kappa shape index (κ3) is 1.57. The summed E-state index contributed by atoms with van der Waals surface area (Å²) in [5.41, 5.74) is 0.117. The van der Waals surface area contributed by atoms with Crippen LogP contribution in [0.3, 0.4) is 0 Å². The molecular weight excluding hydrogens is 138 g/mol. The molecule has 1 atom stereocenters. The Kier molecular flexibility index (Phi) is 1.52. The lowest BCUT2D eigenvalue weighted by atomic mass is 9.89. The Morgan fingerprint density at radius 2 is 2.09 bits per heavy atom. The van der Waals surface area contributed by atoms with Gasteiger partial charge >= 0.3 is 0 Å². The quantitative estimate of drug-likeness (QED) is 0.621. The molecule has 2 rings (SSSR count). The van der Waals surface area contributed by atoms with E-state index in [1.165, 1.54) is 12.8 Å². The Labute approximate surface area is 68.0 Å². The number of β-amino-alcohol motifs (C(OH)–C–C–N with tert-alkyl or cyclic N) is 1. The third-order valence-corrected chi connectivity index (χ3v) is 3.08. The van der Waals surface area contributed by atoms with E-state index in [4.69, 9.17) is 0 Å². The van der Waals surface area contributed by atoms with Gasteiger partial charge in [-0.25, -0.2) is 0 Å². The van der Waals surface area contributed by atoms with Gasteiger partial charge in [-0.3, -0.25) is 0 Å². The van der Waals surface area contributed by atoms with Gasteiger partial charge in [-0.15, -0.1) is 0 Å². The summed E-state index contributed by atoms with van der Waals surface area (Å²) in [5.74, 6) is 0. The van der Waals surface area contributed by atoms with E-state index < -0.39 is 0 Å². The standard InChI is InChI=1S/C9H17NO/c1-8(2-3-8)6-9(11)4-5-10-7-9/h10-11H,2-7H2,1H3. The van der Waals surface area contributed by atoms with Crippen molar-refractivity contribution in [2.75, 3.05) is 13.1 Å². The highest BCUT2D eigenvalue weighted by molar-refractivity contribution is 4.99. The van der Waals surface area contributed by atoms with Gasteiger partial charge in [0, 0.05) is 6.54 Å². The number of aliphatic hydroxyl groups is 1. The van der Waals surface area contributed by atoms with E-state index in [0.717, 1.165) is 25.9 Å². The number of hydrogen-bond acceptors (Lipinski definition) is 2. The summed E-state index contributed by atoms with van der Waals surface area (Å²) in [7, 11) is 0. The first-order chi connectivity index (χ1) is 5.12. The fourth-order valence-electron chi connectivity index (χ4n) is 2.07. The molecule has 1 aliphatic heterocycles. The maximum absolute atomic E-state index is 10.0. The van der Waals surface area contributed by atoms with E-state index >= 15 is 0 Å². The van der Waals surface area contributed by atoms with E-state index in [1.807, 2.05) is 0 Å². The molecule has 2 aliphatic rings. The van der Waals surface area contributed by atoms with Crippen LogP contribution in [0.25, 0.3) is 0 Å². The van der Waals surface area contributed by atoms with Crippen LogP contribution in [-0.4, -0.2) is 23.8 Å². The smallest absolute Gasteiger partial charge is 0.0788 e. The lowest BCUT2D eigenvalue weighted by Crippen LogP contribution is -2.33. The number of hydrogen-bond donors (Lipinski definition) is 2. The van der Waals surface area contributed by atoms with Crippen molar-refractivity contribution in [3.05, 3.63) is 0 Å². The highest BCUT2D eigenvalue weighted by Crippen LogP contribution is 2.51. The summed E-state index contributed by atoms with van der Waals surface area (Å²) < 4.78 is 0. The predicted octanol–water partition coefficient (Wildman–Crippen LogP) is 0.901. The molecule has 0 aromatic carbocycles. The molecule has 11 heavy (non-hydrogen) atoms. The van der Waals surface area contributed by atoms with Crippen LogP contribution in [0.4, 0.5) is 0 Å². The molecule has 2 N–H and O–H groups in total. The molecule has 0 aromatic heterocycles. The summed E-state index contributed by atoms with van der Waals surface area (Å²) in [6.07, 6.45) is 4.58. The average Bonchev–Trinajstić information content (AvgIpc) is 2.43. The van der Waals surface area contributed by atoms with Gasteiger partial charge in [0.1, 0.15) is 0 Å². The van der Waals surface area contributed by atoms with Gasteiger partial charge in [-0.1, -0.05) is 6.92 Å². The van der Waals surface area contributed by atoms with Crippen molar-refractivity contribution in [1.82, 2.24) is 5.32 Å². The van der Waals surface area contributed by atoms with Crippen LogP contribution >= 0.6 is 0 Å². The zero-order chi connectivity index (χ0) is 7.95. The first kappa shape index (κ1) is 7.56. The van der Waals surface area contributed by atoms with E-state index in [-0.39, 0.29) is 5.60 Å². The van der Waals surface area contributed by atoms with Crippen LogP contribution in [-0.2, 0) is 0 Å². The molecule has 1 saturated carbocycles. The van der Waals surface area contributed by atoms with Gasteiger partial charge in [0.25, 0.3) is 0 Å². The second kappa shape index (κ2) is 2.20. The molecule has 1 unspecified atom stereocenters. The minimum absolute atomic E-state index is 0.370. The number of rotatable bonds is 2. The summed E-state index contributed by atoms with van der Waals surface area (Å²) in [6, 6.07) is 0. The van der Waals surface area contributed by atoms with Gasteiger partial charge in [0.15, 0.2) is 0 Å². The molecule has 2 fully saturated rings. The second-order valence-electron chi connectivity index (χ2n) is 4.64. The minimum Gasteiger partial charge on any atom is -0.388 e. The van der Waals surface area contributed by atoms with Crippen molar-refractivity contribution in [3.8, 4) is 0 Å². The van der Waals surface area contributed by atoms with Crippen LogP contribution in [0.2, 0.25) is 0 Å². The van der Waals surface area contributed by atoms with Gasteiger partial charge in [0.05, 0.1) is 5.60 Å². The van der Waals surface area contributed by atoms with Crippen molar-refractivity contribution in [2.24, 2.45) is 5.41 Å². The molecule has 0 spiro atoms. The highest BCUT2D eigenvalue weighted by atomic mass is 16.3. The molecule has 0 radical (unpaired) electrons. The Morgan fingerprint density at radius 3 is 2.55 bits per heavy atom. The first-order valence-corrected chi connectivity index (χ1v) is 4.55. The second-order valence-corrected chi connectivity index (χ2v) is 4.64. The predicted molar refractivity (Wildman–Crippen MR) is 44.4 cm³/mol. The molecule has 2 heteroatoms. The van der Waals surface area contributed by atoms with E-state index in [0.29, 0.717) is 5.41 Å². The van der Waals surface area contributed by atoms with Gasteiger partial charge in [0.2, 0.25) is 0 Å². The lowest BCUT2D eigenvalue weighted by molar-refractivity contribution is 0.0332. The number of nitrogens with one attached hydrogen (secondary N) is 1. The van der Waals surface area contributed by atoms with E-state index in [1.54, 1.807) is 0 Å². The summed E-state index contributed by atoms with van der Waals surface area (Å²) >= 11 is 0. The largest absolute Gasteiger partial charge is 0.388 e. The Bertz CT molecular complexity index is 157. The Balaban J connectivity index is 1.92. The molecule has 1 saturated heterocycles. The minimum atomic E-state index is -0.370. The van der Waals surface area contributed by atoms with Gasteiger partial charge in [-0.05, 0) is 37.6 Å². The van der Waals surface area contributed by atoms with Crippen molar-refractivity contribution in [3.63, 3.8) is 0 Å². The van der Waals surface area contributed by atoms with E-state index in [2.05, 4.69) is 12.2 Å². The van der Waals surface area contributed by atoms with Crippen LogP contribution in [0.5, 0.6) is 0 Å². The topological polar surface area (TPSA) is 32.3 Å². The fourth-order valence-corrected chi connectivity index (χ4v) is 2.07. The van der Waals surface area contributed by atoms with Gasteiger partial charge < -0.3 is 10.4 Å². The first-order valence-electron chi connectivity index (χ1n) is 4.55. The SMILES string of the molecule is CC1(CC2(O)CCNC2)CC1. The van der Waals surface area contributed by atoms with Crippen LogP contribution < -0.4 is 5.32 Å². The fraction of sp³-hybridized carbons (Fsp3) is 1.00. The zero-order valence-electron chi connectivity index (χ0n) is 7.19. The molecule has 64 valence electrons. The van der Waals surface area contributed by atoms with Gasteiger partial charge in [-0.2, -0.15) is 0 Å². The average molecular weight is 155 g/mol. The van der Waals surface area contributed by atoms with Crippen LogP contribution in [0.15, 0.2) is 0 Å². The van der Waals surface area contributed by atoms with Crippen molar-refractivity contribution in [2.45, 2.75) is 38.2 Å². The van der Waals surface area contributed by atoms with Crippen molar-refractivity contribution >= 4 is 0 Å². The third-order valence-electron chi connectivity index (χ3n) is 3.08. The van der Waals surface area contributed by atoms with Crippen LogP contribution in [0.1, 0.15) is 32.6 Å². The van der Waals surface area contributed by atoms with Crippen molar-refractivity contribution < 1.29 is 5.11 Å². The maximum atomic E-state index is 10.0. The lowest BCUT2D eigenvalue weighted by Gasteiger charge is -2.24. The molecule has 0 amide bonds. The molecule has 1 aliphatic carbocycles. The highest BCUT2D eigenvalue weighted by Gasteiger charge is 2.45. The zero-order valence-corrected chi connectivity index (χ0v) is 7.19.